The van der Waals surface area contributed by atoms with Crippen LogP contribution in [0.15, 0.2) is 18.2 Å². The first kappa shape index (κ1) is 15.3. The fourth-order valence-corrected chi connectivity index (χ4v) is 2.53. The largest absolute Gasteiger partial charge is 0.492 e. The monoisotopic (exact) mass is 292 g/mol. The average Bonchev–Trinajstić information content (AvgIpc) is 2.36. The number of aliphatic hydroxyl groups is 1. The number of para-hydroxylation sites is 1. The molecular formula is C12H17ClO4S. The first-order valence-corrected chi connectivity index (χ1v) is 7.91. The first-order chi connectivity index (χ1) is 8.50. The van der Waals surface area contributed by atoms with Gasteiger partial charge in [-0.25, -0.2) is 8.42 Å². The van der Waals surface area contributed by atoms with Crippen LogP contribution in [-0.4, -0.2) is 31.6 Å². The van der Waals surface area contributed by atoms with Crippen LogP contribution >= 0.6 is 11.6 Å². The van der Waals surface area contributed by atoms with Crippen LogP contribution in [-0.2, 0) is 16.4 Å². The molecule has 0 unspecified atom stereocenters. The normalized spacial score (nSPS) is 11.5. The van der Waals surface area contributed by atoms with E-state index in [1.165, 1.54) is 0 Å². The van der Waals surface area contributed by atoms with E-state index in [1.807, 2.05) is 0 Å². The molecule has 0 heterocycles. The fourth-order valence-electron chi connectivity index (χ4n) is 1.44. The number of rotatable bonds is 7. The number of hydrogen-bond acceptors (Lipinski definition) is 4. The van der Waals surface area contributed by atoms with Crippen LogP contribution in [0.3, 0.4) is 0 Å². The Balaban J connectivity index is 2.54. The van der Waals surface area contributed by atoms with Crippen molar-refractivity contribution in [2.45, 2.75) is 20.0 Å². The molecule has 0 atom stereocenters. The molecule has 18 heavy (non-hydrogen) atoms. The van der Waals surface area contributed by atoms with Crippen molar-refractivity contribution < 1.29 is 18.3 Å². The molecule has 4 nitrogen and oxygen atoms in total. The van der Waals surface area contributed by atoms with Gasteiger partial charge in [-0.1, -0.05) is 30.7 Å². The third kappa shape index (κ3) is 4.48. The van der Waals surface area contributed by atoms with Gasteiger partial charge in [0, 0.05) is 11.3 Å². The van der Waals surface area contributed by atoms with Crippen LogP contribution < -0.4 is 4.74 Å². The third-order valence-electron chi connectivity index (χ3n) is 2.50. The Morgan fingerprint density at radius 3 is 2.72 bits per heavy atom. The molecule has 0 aromatic heterocycles. The molecule has 1 aromatic carbocycles. The molecule has 102 valence electrons. The van der Waals surface area contributed by atoms with Crippen LogP contribution in [0.2, 0.25) is 5.02 Å². The van der Waals surface area contributed by atoms with Gasteiger partial charge in [0.25, 0.3) is 0 Å². The summed E-state index contributed by atoms with van der Waals surface area (Å²) in [4.78, 5) is 0. The summed E-state index contributed by atoms with van der Waals surface area (Å²) in [6.07, 6.45) is 0.409. The third-order valence-corrected chi connectivity index (χ3v) is 4.59. The van der Waals surface area contributed by atoms with Crippen LogP contribution in [0.5, 0.6) is 5.75 Å². The van der Waals surface area contributed by atoms with Crippen molar-refractivity contribution in [2.75, 3.05) is 18.1 Å². The fraction of sp³-hybridized carbons (Fsp3) is 0.500. The van der Waals surface area contributed by atoms with E-state index >= 15 is 0 Å². The van der Waals surface area contributed by atoms with Crippen LogP contribution in [0.25, 0.3) is 0 Å². The minimum Gasteiger partial charge on any atom is -0.492 e. The van der Waals surface area contributed by atoms with Gasteiger partial charge in [-0.2, -0.15) is 0 Å². The van der Waals surface area contributed by atoms with Gasteiger partial charge in [0.05, 0.1) is 24.0 Å². The molecule has 0 aliphatic carbocycles. The minimum atomic E-state index is -2.96. The summed E-state index contributed by atoms with van der Waals surface area (Å²) in [6, 6.07) is 5.10. The van der Waals surface area contributed by atoms with Crippen molar-refractivity contribution in [3.05, 3.63) is 28.8 Å². The maximum absolute atomic E-state index is 11.3. The lowest BCUT2D eigenvalue weighted by Crippen LogP contribution is -2.12. The van der Waals surface area contributed by atoms with Crippen LogP contribution in [0.1, 0.15) is 18.9 Å². The second-order valence-electron chi connectivity index (χ2n) is 3.82. The quantitative estimate of drug-likeness (QED) is 0.781. The van der Waals surface area contributed by atoms with Crippen LogP contribution in [0.4, 0.5) is 0 Å². The van der Waals surface area contributed by atoms with Crippen molar-refractivity contribution >= 4 is 21.4 Å². The van der Waals surface area contributed by atoms with Gasteiger partial charge >= 0.3 is 0 Å². The maximum atomic E-state index is 11.3. The number of hydrogen-bond donors (Lipinski definition) is 1. The first-order valence-electron chi connectivity index (χ1n) is 5.71. The summed E-state index contributed by atoms with van der Waals surface area (Å²) in [7, 11) is -2.96. The highest BCUT2D eigenvalue weighted by atomic mass is 35.5. The Bertz CT molecular complexity index is 485. The molecule has 0 spiro atoms. The summed E-state index contributed by atoms with van der Waals surface area (Å²) in [5.41, 5.74) is 0.598. The van der Waals surface area contributed by atoms with Gasteiger partial charge in [0.1, 0.15) is 15.6 Å². The number of halogens is 1. The molecule has 0 fully saturated rings. The van der Waals surface area contributed by atoms with Crippen molar-refractivity contribution in [1.29, 1.82) is 0 Å². The van der Waals surface area contributed by atoms with Gasteiger partial charge in [-0.05, 0) is 12.5 Å². The van der Waals surface area contributed by atoms with Crippen molar-refractivity contribution in [3.63, 3.8) is 0 Å². The van der Waals surface area contributed by atoms with Gasteiger partial charge in [0.15, 0.2) is 0 Å². The molecule has 0 aliphatic heterocycles. The predicted molar refractivity (Wildman–Crippen MR) is 71.8 cm³/mol. The minimum absolute atomic E-state index is 0.0996. The van der Waals surface area contributed by atoms with E-state index < -0.39 is 9.84 Å². The number of sulfone groups is 1. The Kier molecular flexibility index (Phi) is 5.91. The summed E-state index contributed by atoms with van der Waals surface area (Å²) >= 11 is 5.95. The summed E-state index contributed by atoms with van der Waals surface area (Å²) in [6.45, 7) is 1.72. The Labute approximate surface area is 112 Å². The topological polar surface area (TPSA) is 63.6 Å². The Hall–Kier alpha value is -0.780. The molecule has 6 heteroatoms. The van der Waals surface area contributed by atoms with E-state index in [-0.39, 0.29) is 24.7 Å². The molecule has 0 saturated heterocycles. The van der Waals surface area contributed by atoms with E-state index in [0.717, 1.165) is 0 Å². The van der Waals surface area contributed by atoms with E-state index in [2.05, 4.69) is 0 Å². The predicted octanol–water partition coefficient (Wildman–Crippen LogP) is 2.04. The van der Waals surface area contributed by atoms with Gasteiger partial charge in [-0.15, -0.1) is 0 Å². The zero-order valence-corrected chi connectivity index (χ0v) is 11.8. The zero-order chi connectivity index (χ0) is 13.6. The molecule has 0 bridgehead atoms. The van der Waals surface area contributed by atoms with Gasteiger partial charge in [-0.3, -0.25) is 0 Å². The Morgan fingerprint density at radius 2 is 2.11 bits per heavy atom. The molecular weight excluding hydrogens is 276 g/mol. The highest BCUT2D eigenvalue weighted by molar-refractivity contribution is 7.91. The van der Waals surface area contributed by atoms with Crippen molar-refractivity contribution in [3.8, 4) is 5.75 Å². The van der Waals surface area contributed by atoms with E-state index in [9.17, 15) is 8.42 Å². The molecule has 0 aliphatic rings. The molecule has 0 radical (unpaired) electrons. The summed E-state index contributed by atoms with van der Waals surface area (Å²) < 4.78 is 28.0. The molecule has 1 rings (SSSR count). The van der Waals surface area contributed by atoms with E-state index in [4.69, 9.17) is 21.4 Å². The zero-order valence-electron chi connectivity index (χ0n) is 10.2. The molecule has 1 aromatic rings. The van der Waals surface area contributed by atoms with Crippen LogP contribution in [0, 0.1) is 0 Å². The van der Waals surface area contributed by atoms with Crippen molar-refractivity contribution in [2.24, 2.45) is 0 Å². The highest BCUT2D eigenvalue weighted by Gasteiger charge is 2.10. The molecule has 1 N–H and O–H groups in total. The number of ether oxygens (including phenoxy) is 1. The summed E-state index contributed by atoms with van der Waals surface area (Å²) in [5.74, 6) is 0.666. The lowest BCUT2D eigenvalue weighted by Gasteiger charge is -2.11. The highest BCUT2D eigenvalue weighted by Crippen LogP contribution is 2.28. The van der Waals surface area contributed by atoms with Gasteiger partial charge in [0.2, 0.25) is 0 Å². The molecule has 0 saturated carbocycles. The Morgan fingerprint density at radius 1 is 1.39 bits per heavy atom. The average molecular weight is 293 g/mol. The maximum Gasteiger partial charge on any atom is 0.150 e. The van der Waals surface area contributed by atoms with E-state index in [1.54, 1.807) is 25.1 Å². The second-order valence-corrected chi connectivity index (χ2v) is 6.70. The number of aliphatic hydroxyl groups excluding tert-OH is 1. The lowest BCUT2D eigenvalue weighted by atomic mass is 10.2. The van der Waals surface area contributed by atoms with Gasteiger partial charge < -0.3 is 9.84 Å². The lowest BCUT2D eigenvalue weighted by molar-refractivity contribution is 0.263. The SMILES string of the molecule is CCS(=O)(=O)CCCOc1c(Cl)cccc1CO. The molecule has 0 amide bonds. The standard InChI is InChI=1S/C12H17ClO4S/c1-2-18(15,16)8-4-7-17-12-10(9-14)5-3-6-11(12)13/h3,5-6,14H,2,4,7-9H2,1H3. The number of benzene rings is 1. The summed E-state index contributed by atoms with van der Waals surface area (Å²) in [5, 5.41) is 9.55. The smallest absolute Gasteiger partial charge is 0.150 e. The van der Waals surface area contributed by atoms with E-state index in [0.29, 0.717) is 22.8 Å². The van der Waals surface area contributed by atoms with Crippen molar-refractivity contribution in [1.82, 2.24) is 0 Å². The second kappa shape index (κ2) is 6.97.